The highest BCUT2D eigenvalue weighted by molar-refractivity contribution is 7.91. The molecule has 1 aliphatic rings. The van der Waals surface area contributed by atoms with Crippen molar-refractivity contribution in [3.63, 3.8) is 0 Å². The molecule has 1 unspecified atom stereocenters. The Morgan fingerprint density at radius 3 is 2.61 bits per heavy atom. The van der Waals surface area contributed by atoms with Crippen LogP contribution in [-0.4, -0.2) is 50.4 Å². The van der Waals surface area contributed by atoms with Crippen LogP contribution in [0.3, 0.4) is 0 Å². The van der Waals surface area contributed by atoms with Crippen LogP contribution in [-0.2, 0) is 21.2 Å². The molecule has 0 aliphatic carbocycles. The van der Waals surface area contributed by atoms with Gasteiger partial charge in [0.05, 0.1) is 25.2 Å². The lowest BCUT2D eigenvalue weighted by atomic mass is 10.1. The SMILES string of the molecule is COc1ccc(CN(CC(=O)Nc2cccc(Cl)c2)C2CCS(=O)(=O)C2)cc1. The summed E-state index contributed by atoms with van der Waals surface area (Å²) in [7, 11) is -1.45. The van der Waals surface area contributed by atoms with Crippen LogP contribution >= 0.6 is 11.6 Å². The van der Waals surface area contributed by atoms with Gasteiger partial charge in [-0.05, 0) is 42.3 Å². The molecule has 28 heavy (non-hydrogen) atoms. The van der Waals surface area contributed by atoms with Crippen LogP contribution < -0.4 is 10.1 Å². The van der Waals surface area contributed by atoms with Crippen LogP contribution in [0.5, 0.6) is 5.75 Å². The van der Waals surface area contributed by atoms with Crippen LogP contribution in [0.25, 0.3) is 0 Å². The smallest absolute Gasteiger partial charge is 0.238 e. The summed E-state index contributed by atoms with van der Waals surface area (Å²) < 4.78 is 29.0. The number of nitrogens with zero attached hydrogens (tertiary/aromatic N) is 1. The van der Waals surface area contributed by atoms with Gasteiger partial charge >= 0.3 is 0 Å². The van der Waals surface area contributed by atoms with Gasteiger partial charge in [-0.1, -0.05) is 29.8 Å². The Bertz CT molecular complexity index is 931. The zero-order valence-electron chi connectivity index (χ0n) is 15.6. The lowest BCUT2D eigenvalue weighted by Gasteiger charge is -2.27. The quantitative estimate of drug-likeness (QED) is 0.742. The Morgan fingerprint density at radius 2 is 2.00 bits per heavy atom. The van der Waals surface area contributed by atoms with Crippen molar-refractivity contribution in [2.45, 2.75) is 19.0 Å². The lowest BCUT2D eigenvalue weighted by molar-refractivity contribution is -0.117. The number of rotatable bonds is 7. The number of benzene rings is 2. The van der Waals surface area contributed by atoms with Crippen molar-refractivity contribution >= 4 is 33.0 Å². The third kappa shape index (κ3) is 5.70. The standard InChI is InChI=1S/C20H23ClN2O4S/c1-27-19-7-5-15(6-8-19)12-23(18-9-10-28(25,26)14-18)13-20(24)22-17-4-2-3-16(21)11-17/h2-8,11,18H,9-10,12-14H2,1H3,(H,22,24). The van der Waals surface area contributed by atoms with E-state index in [1.54, 1.807) is 31.4 Å². The molecule has 2 aromatic carbocycles. The largest absolute Gasteiger partial charge is 0.497 e. The van der Waals surface area contributed by atoms with E-state index in [1.165, 1.54) is 0 Å². The molecule has 1 fully saturated rings. The van der Waals surface area contributed by atoms with Gasteiger partial charge in [0, 0.05) is 23.3 Å². The molecule has 0 aromatic heterocycles. The number of carbonyl (C=O) groups excluding carboxylic acids is 1. The average molecular weight is 423 g/mol. The molecule has 150 valence electrons. The van der Waals surface area contributed by atoms with Gasteiger partial charge in [-0.3, -0.25) is 9.69 Å². The third-order valence-corrected chi connectivity index (χ3v) is 6.71. The number of carbonyl (C=O) groups is 1. The molecule has 8 heteroatoms. The summed E-state index contributed by atoms with van der Waals surface area (Å²) in [5.41, 5.74) is 1.60. The van der Waals surface area contributed by atoms with Crippen LogP contribution in [0.15, 0.2) is 48.5 Å². The minimum Gasteiger partial charge on any atom is -0.497 e. The number of nitrogens with one attached hydrogen (secondary N) is 1. The van der Waals surface area contributed by atoms with Crippen LogP contribution in [0, 0.1) is 0 Å². The first-order chi connectivity index (χ1) is 13.3. The third-order valence-electron chi connectivity index (χ3n) is 4.72. The molecule has 1 amide bonds. The van der Waals surface area contributed by atoms with E-state index in [4.69, 9.17) is 16.3 Å². The van der Waals surface area contributed by atoms with Crippen LogP contribution in [0.4, 0.5) is 5.69 Å². The molecule has 1 atom stereocenters. The fourth-order valence-corrected chi connectivity index (χ4v) is 5.25. The Hall–Kier alpha value is -2.09. The summed E-state index contributed by atoms with van der Waals surface area (Å²) in [5, 5.41) is 3.36. The minimum atomic E-state index is -3.05. The molecule has 1 aliphatic heterocycles. The van der Waals surface area contributed by atoms with E-state index >= 15 is 0 Å². The highest BCUT2D eigenvalue weighted by Crippen LogP contribution is 2.22. The van der Waals surface area contributed by atoms with Crippen molar-refractivity contribution in [1.82, 2.24) is 4.90 Å². The maximum absolute atomic E-state index is 12.6. The summed E-state index contributed by atoms with van der Waals surface area (Å²) in [6.07, 6.45) is 0.531. The summed E-state index contributed by atoms with van der Waals surface area (Å²) in [4.78, 5) is 14.5. The van der Waals surface area contributed by atoms with Crippen LogP contribution in [0.1, 0.15) is 12.0 Å². The van der Waals surface area contributed by atoms with Crippen molar-refractivity contribution in [2.24, 2.45) is 0 Å². The summed E-state index contributed by atoms with van der Waals surface area (Å²) in [6.45, 7) is 0.575. The molecule has 6 nitrogen and oxygen atoms in total. The van der Waals surface area contributed by atoms with E-state index in [0.29, 0.717) is 23.7 Å². The fraction of sp³-hybridized carbons (Fsp3) is 0.350. The molecule has 0 spiro atoms. The molecule has 2 aromatic rings. The first-order valence-electron chi connectivity index (χ1n) is 8.97. The number of hydrogen-bond acceptors (Lipinski definition) is 5. The van der Waals surface area contributed by atoms with Gasteiger partial charge in [-0.2, -0.15) is 0 Å². The highest BCUT2D eigenvalue weighted by Gasteiger charge is 2.33. The van der Waals surface area contributed by atoms with Crippen molar-refractivity contribution in [3.05, 3.63) is 59.1 Å². The second-order valence-corrected chi connectivity index (χ2v) is 9.53. The highest BCUT2D eigenvalue weighted by atomic mass is 35.5. The van der Waals surface area contributed by atoms with E-state index in [9.17, 15) is 13.2 Å². The second-order valence-electron chi connectivity index (χ2n) is 6.87. The number of halogens is 1. The van der Waals surface area contributed by atoms with Crippen molar-refractivity contribution in [3.8, 4) is 5.75 Å². The average Bonchev–Trinajstić information content (AvgIpc) is 3.01. The summed E-state index contributed by atoms with van der Waals surface area (Å²) in [6, 6.07) is 14.3. The molecular formula is C20H23ClN2O4S. The number of amides is 1. The Kier molecular flexibility index (Phi) is 6.59. The number of ether oxygens (including phenoxy) is 1. The molecule has 1 N–H and O–H groups in total. The van der Waals surface area contributed by atoms with Gasteiger partial charge in [0.15, 0.2) is 9.84 Å². The molecule has 1 heterocycles. The predicted molar refractivity (Wildman–Crippen MR) is 111 cm³/mol. The number of methoxy groups -OCH3 is 1. The van der Waals surface area contributed by atoms with E-state index in [-0.39, 0.29) is 30.0 Å². The Morgan fingerprint density at radius 1 is 1.25 bits per heavy atom. The first-order valence-corrected chi connectivity index (χ1v) is 11.2. The van der Waals surface area contributed by atoms with Gasteiger partial charge in [-0.25, -0.2) is 8.42 Å². The molecular weight excluding hydrogens is 400 g/mol. The molecule has 0 bridgehead atoms. The topological polar surface area (TPSA) is 75.7 Å². The monoisotopic (exact) mass is 422 g/mol. The second kappa shape index (κ2) is 8.94. The van der Waals surface area contributed by atoms with E-state index in [1.807, 2.05) is 29.2 Å². The maximum atomic E-state index is 12.6. The van der Waals surface area contributed by atoms with Gasteiger partial charge in [0.25, 0.3) is 0 Å². The van der Waals surface area contributed by atoms with Gasteiger partial charge in [-0.15, -0.1) is 0 Å². The predicted octanol–water partition coefficient (Wildman–Crippen LogP) is 2.98. The van der Waals surface area contributed by atoms with E-state index < -0.39 is 9.84 Å². The summed E-state index contributed by atoms with van der Waals surface area (Å²) in [5.74, 6) is 0.776. The Labute approximate surface area is 170 Å². The Balaban J connectivity index is 1.72. The van der Waals surface area contributed by atoms with Gasteiger partial charge in [0.2, 0.25) is 5.91 Å². The maximum Gasteiger partial charge on any atom is 0.238 e. The number of sulfone groups is 1. The number of hydrogen-bond donors (Lipinski definition) is 1. The molecule has 1 saturated heterocycles. The minimum absolute atomic E-state index is 0.0770. The van der Waals surface area contributed by atoms with E-state index in [2.05, 4.69) is 5.32 Å². The van der Waals surface area contributed by atoms with Gasteiger partial charge in [0.1, 0.15) is 5.75 Å². The fourth-order valence-electron chi connectivity index (χ4n) is 3.29. The zero-order chi connectivity index (χ0) is 20.1. The van der Waals surface area contributed by atoms with E-state index in [0.717, 1.165) is 11.3 Å². The number of anilines is 1. The van der Waals surface area contributed by atoms with Gasteiger partial charge < -0.3 is 10.1 Å². The van der Waals surface area contributed by atoms with Crippen molar-refractivity contribution < 1.29 is 17.9 Å². The zero-order valence-corrected chi connectivity index (χ0v) is 17.2. The summed E-state index contributed by atoms with van der Waals surface area (Å²) >= 11 is 5.96. The van der Waals surface area contributed by atoms with Crippen LogP contribution in [0.2, 0.25) is 5.02 Å². The lowest BCUT2D eigenvalue weighted by Crippen LogP contribution is -2.41. The molecule has 0 radical (unpaired) electrons. The molecule has 3 rings (SSSR count). The normalized spacial score (nSPS) is 18.2. The van der Waals surface area contributed by atoms with Crippen molar-refractivity contribution in [1.29, 1.82) is 0 Å². The molecule has 0 saturated carbocycles. The first kappa shape index (κ1) is 20.6. The van der Waals surface area contributed by atoms with Crippen molar-refractivity contribution in [2.75, 3.05) is 30.5 Å².